The zero-order valence-corrected chi connectivity index (χ0v) is 35.1. The van der Waals surface area contributed by atoms with Gasteiger partial charge in [-0.25, -0.2) is 0 Å². The first-order valence-corrected chi connectivity index (χ1v) is 25.7. The summed E-state index contributed by atoms with van der Waals surface area (Å²) in [7, 11) is 11.0. The molecule has 0 unspecified atom stereocenters. The Balaban J connectivity index is 0.000000224. The third kappa shape index (κ3) is 11.4. The minimum atomic E-state index is -0.826. The van der Waals surface area contributed by atoms with E-state index in [1.165, 1.54) is 91.7 Å². The molecule has 0 bridgehead atoms. The van der Waals surface area contributed by atoms with E-state index < -0.39 is 20.8 Å². The standard InChI is InChI=1S/2C21H23.C2H6Si.2ClH.Zr/c2*1-4-6-16-13-19-7-5-8-20(21(19)14-16)18-11-9-17(10-12-18)15(2)3;1-3-2;;;/h2*5,7-15H,4,6H2,1-3H3;1-2H3;2*1H;/q2*-1;;;;+4/p-2. The minimum absolute atomic E-state index is 0.588. The first kappa shape index (κ1) is 40.2. The number of benzene rings is 4. The van der Waals surface area contributed by atoms with Crippen LogP contribution in [0.15, 0.2) is 109 Å². The zero-order chi connectivity index (χ0) is 35.1. The molecule has 0 aliphatic rings. The molecule has 0 aliphatic carbocycles. The first-order chi connectivity index (χ1) is 23.2. The van der Waals surface area contributed by atoms with Gasteiger partial charge in [0, 0.05) is 9.52 Å². The predicted octanol–water partition coefficient (Wildman–Crippen LogP) is 14.8. The number of rotatable bonds is 8. The van der Waals surface area contributed by atoms with Crippen molar-refractivity contribution in [3.05, 3.63) is 131 Å². The van der Waals surface area contributed by atoms with Gasteiger partial charge in [-0.05, 0) is 46.9 Å². The molecule has 2 radical (unpaired) electrons. The molecule has 4 heteroatoms. The van der Waals surface area contributed by atoms with Crippen LogP contribution in [0.5, 0.6) is 0 Å². The monoisotopic (exact) mass is 768 g/mol. The molecule has 6 aromatic carbocycles. The Labute approximate surface area is 312 Å². The van der Waals surface area contributed by atoms with Crippen molar-refractivity contribution in [3.8, 4) is 22.3 Å². The average Bonchev–Trinajstić information content (AvgIpc) is 3.69. The Morgan fingerprint density at radius 2 is 0.917 bits per heavy atom. The number of hydrogen-bond acceptors (Lipinski definition) is 0. The summed E-state index contributed by atoms with van der Waals surface area (Å²) >= 11 is -0.826. The normalized spacial score (nSPS) is 10.6. The van der Waals surface area contributed by atoms with Crippen LogP contribution >= 0.6 is 17.0 Å². The van der Waals surface area contributed by atoms with Crippen LogP contribution in [0.1, 0.15) is 88.5 Å². The van der Waals surface area contributed by atoms with Gasteiger partial charge in [0.1, 0.15) is 0 Å². The maximum atomic E-state index is 4.93. The first-order valence-electron chi connectivity index (χ1n) is 17.3. The van der Waals surface area contributed by atoms with Gasteiger partial charge in [-0.3, -0.25) is 0 Å². The van der Waals surface area contributed by atoms with Crippen LogP contribution in [-0.4, -0.2) is 9.52 Å². The maximum absolute atomic E-state index is 4.93. The SMILES string of the molecule is CCCc1cc2c(-c3ccc(C(C)C)cc3)cccc2[cH-]1.CCCc1cc2c(-c3ccc(C(C)C)cc3)cccc2[cH-]1.C[Si]C.[Cl][Zr+2][Cl]. The molecule has 0 heterocycles. The summed E-state index contributed by atoms with van der Waals surface area (Å²) in [5.74, 6) is 1.18. The molecule has 0 spiro atoms. The molecule has 6 aromatic rings. The van der Waals surface area contributed by atoms with E-state index in [9.17, 15) is 0 Å². The van der Waals surface area contributed by atoms with E-state index in [2.05, 4.69) is 164 Å². The van der Waals surface area contributed by atoms with Crippen molar-refractivity contribution in [2.75, 3.05) is 0 Å². The number of halogens is 2. The number of fused-ring (bicyclic) bond motifs is 2. The van der Waals surface area contributed by atoms with Crippen molar-refractivity contribution in [3.63, 3.8) is 0 Å². The predicted molar refractivity (Wildman–Crippen MR) is 215 cm³/mol. The van der Waals surface area contributed by atoms with Crippen molar-refractivity contribution in [1.82, 2.24) is 0 Å². The van der Waals surface area contributed by atoms with E-state index in [1.807, 2.05) is 0 Å². The van der Waals surface area contributed by atoms with Gasteiger partial charge in [0.2, 0.25) is 0 Å². The molecule has 0 fully saturated rings. The van der Waals surface area contributed by atoms with Crippen molar-refractivity contribution in [2.45, 2.75) is 92.2 Å². The molecule has 0 atom stereocenters. The van der Waals surface area contributed by atoms with Gasteiger partial charge >= 0.3 is 37.9 Å². The molecule has 0 aliphatic heterocycles. The Kier molecular flexibility index (Phi) is 17.7. The van der Waals surface area contributed by atoms with E-state index >= 15 is 0 Å². The van der Waals surface area contributed by atoms with Crippen molar-refractivity contribution in [1.29, 1.82) is 0 Å². The Morgan fingerprint density at radius 1 is 0.583 bits per heavy atom. The quantitative estimate of drug-likeness (QED) is 0.107. The average molecular weight is 771 g/mol. The third-order valence-corrected chi connectivity index (χ3v) is 8.48. The van der Waals surface area contributed by atoms with E-state index in [0.29, 0.717) is 11.8 Å². The summed E-state index contributed by atoms with van der Waals surface area (Å²) < 4.78 is 0. The van der Waals surface area contributed by atoms with Crippen molar-refractivity contribution >= 4 is 48.1 Å². The van der Waals surface area contributed by atoms with E-state index in [4.69, 9.17) is 17.0 Å². The van der Waals surface area contributed by atoms with Crippen LogP contribution in [-0.2, 0) is 33.7 Å². The molecule has 0 aromatic heterocycles. The van der Waals surface area contributed by atoms with Crippen molar-refractivity contribution < 1.29 is 20.8 Å². The van der Waals surface area contributed by atoms with Crippen LogP contribution in [0, 0.1) is 0 Å². The fourth-order valence-electron chi connectivity index (χ4n) is 6.06. The van der Waals surface area contributed by atoms with Gasteiger partial charge in [0.05, 0.1) is 0 Å². The molecular formula is C44H52Cl2SiZr. The molecule has 0 nitrogen and oxygen atoms in total. The van der Waals surface area contributed by atoms with Gasteiger partial charge in [0.15, 0.2) is 0 Å². The molecule has 0 amide bonds. The molecular weight excluding hydrogens is 719 g/mol. The summed E-state index contributed by atoms with van der Waals surface area (Å²) in [5, 5.41) is 5.50. The molecule has 250 valence electrons. The van der Waals surface area contributed by atoms with E-state index in [-0.39, 0.29) is 0 Å². The summed E-state index contributed by atoms with van der Waals surface area (Å²) in [5.41, 5.74) is 11.1. The van der Waals surface area contributed by atoms with Crippen LogP contribution < -0.4 is 0 Å². The van der Waals surface area contributed by atoms with Crippen LogP contribution in [0.2, 0.25) is 13.1 Å². The Bertz CT molecular complexity index is 1640. The second kappa shape index (κ2) is 21.1. The number of hydrogen-bond donors (Lipinski definition) is 0. The summed E-state index contributed by atoms with van der Waals surface area (Å²) in [4.78, 5) is 0. The Hall–Kier alpha value is -2.22. The summed E-state index contributed by atoms with van der Waals surface area (Å²) in [6.45, 7) is 17.7. The molecule has 0 saturated heterocycles. The van der Waals surface area contributed by atoms with Gasteiger partial charge < -0.3 is 0 Å². The Morgan fingerprint density at radius 3 is 1.21 bits per heavy atom. The summed E-state index contributed by atoms with van der Waals surface area (Å²) in [6, 6.07) is 40.7. The second-order valence-electron chi connectivity index (χ2n) is 13.0. The molecule has 6 rings (SSSR count). The van der Waals surface area contributed by atoms with E-state index in [0.717, 1.165) is 9.52 Å². The number of aryl methyl sites for hydroxylation is 2. The van der Waals surface area contributed by atoms with Gasteiger partial charge in [-0.1, -0.05) is 139 Å². The van der Waals surface area contributed by atoms with Gasteiger partial charge in [0.25, 0.3) is 0 Å². The topological polar surface area (TPSA) is 0 Å². The fraction of sp³-hybridized carbons (Fsp3) is 0.318. The molecule has 0 saturated carbocycles. The zero-order valence-electron chi connectivity index (χ0n) is 30.1. The van der Waals surface area contributed by atoms with Gasteiger partial charge in [-0.15, -0.1) is 69.1 Å². The summed E-state index contributed by atoms with van der Waals surface area (Å²) in [6.07, 6.45) is 4.74. The van der Waals surface area contributed by atoms with E-state index in [1.54, 1.807) is 0 Å². The fourth-order valence-corrected chi connectivity index (χ4v) is 6.06. The van der Waals surface area contributed by atoms with Crippen LogP contribution in [0.25, 0.3) is 43.8 Å². The molecule has 48 heavy (non-hydrogen) atoms. The second-order valence-corrected chi connectivity index (χ2v) is 17.7. The van der Waals surface area contributed by atoms with Crippen LogP contribution in [0.3, 0.4) is 0 Å². The molecule has 0 N–H and O–H groups in total. The van der Waals surface area contributed by atoms with Gasteiger partial charge in [-0.2, -0.15) is 12.1 Å². The van der Waals surface area contributed by atoms with Crippen molar-refractivity contribution in [2.24, 2.45) is 0 Å². The van der Waals surface area contributed by atoms with Crippen LogP contribution in [0.4, 0.5) is 0 Å². The third-order valence-electron chi connectivity index (χ3n) is 8.48.